The van der Waals surface area contributed by atoms with Gasteiger partial charge in [0.25, 0.3) is 5.91 Å². The number of rotatable bonds is 4. The lowest BCUT2D eigenvalue weighted by atomic mass is 10.3. The molecule has 2 heterocycles. The molecule has 8 nitrogen and oxygen atoms in total. The Kier molecular flexibility index (Phi) is 5.32. The van der Waals surface area contributed by atoms with Crippen molar-refractivity contribution in [2.45, 2.75) is 18.9 Å². The Morgan fingerprint density at radius 2 is 1.76 bits per heavy atom. The van der Waals surface area contributed by atoms with Gasteiger partial charge in [0.2, 0.25) is 5.91 Å². The van der Waals surface area contributed by atoms with Crippen LogP contribution in [0.15, 0.2) is 16.8 Å². The Labute approximate surface area is 149 Å². The third-order valence-corrected chi connectivity index (χ3v) is 4.89. The highest BCUT2D eigenvalue weighted by Crippen LogP contribution is 2.18. The molecule has 1 saturated carbocycles. The SMILES string of the molecule is O=C(NC1CC1)C(=O)N1CCN(C(=O)CNC(=O)c2ccsc2)CC1. The van der Waals surface area contributed by atoms with E-state index < -0.39 is 11.8 Å². The van der Waals surface area contributed by atoms with Crippen molar-refractivity contribution in [3.63, 3.8) is 0 Å². The largest absolute Gasteiger partial charge is 0.345 e. The summed E-state index contributed by atoms with van der Waals surface area (Å²) in [7, 11) is 0. The molecule has 134 valence electrons. The lowest BCUT2D eigenvalue weighted by Crippen LogP contribution is -2.55. The predicted octanol–water partition coefficient (Wildman–Crippen LogP) is -0.573. The molecule has 0 atom stereocenters. The van der Waals surface area contributed by atoms with Crippen LogP contribution in [0.25, 0.3) is 0 Å². The normalized spacial score (nSPS) is 17.1. The standard InChI is InChI=1S/C16H20N4O4S/c21-13(9-17-14(22)11-3-8-25-10-11)19-4-6-20(7-5-19)16(24)15(23)18-12-1-2-12/h3,8,10,12H,1-2,4-7,9H2,(H,17,22)(H,18,23). The van der Waals surface area contributed by atoms with E-state index in [9.17, 15) is 19.2 Å². The second kappa shape index (κ2) is 7.64. The first-order valence-corrected chi connectivity index (χ1v) is 9.17. The number of hydrogen-bond acceptors (Lipinski definition) is 5. The van der Waals surface area contributed by atoms with Crippen molar-refractivity contribution in [2.75, 3.05) is 32.7 Å². The summed E-state index contributed by atoms with van der Waals surface area (Å²) in [5.74, 6) is -1.58. The van der Waals surface area contributed by atoms with E-state index >= 15 is 0 Å². The first-order valence-electron chi connectivity index (χ1n) is 8.22. The van der Waals surface area contributed by atoms with E-state index in [0.29, 0.717) is 31.7 Å². The fraction of sp³-hybridized carbons (Fsp3) is 0.500. The maximum absolute atomic E-state index is 12.2. The molecule has 0 spiro atoms. The number of thiophene rings is 1. The maximum Gasteiger partial charge on any atom is 0.312 e. The molecule has 0 radical (unpaired) electrons. The van der Waals surface area contributed by atoms with E-state index in [0.717, 1.165) is 12.8 Å². The minimum Gasteiger partial charge on any atom is -0.345 e. The van der Waals surface area contributed by atoms with Crippen LogP contribution >= 0.6 is 11.3 Å². The van der Waals surface area contributed by atoms with Crippen molar-refractivity contribution in [2.24, 2.45) is 0 Å². The van der Waals surface area contributed by atoms with Crippen LogP contribution in [0.3, 0.4) is 0 Å². The van der Waals surface area contributed by atoms with Crippen molar-refractivity contribution < 1.29 is 19.2 Å². The van der Waals surface area contributed by atoms with Gasteiger partial charge in [-0.3, -0.25) is 19.2 Å². The van der Waals surface area contributed by atoms with Crippen LogP contribution in [0.4, 0.5) is 0 Å². The van der Waals surface area contributed by atoms with Gasteiger partial charge in [0.1, 0.15) is 0 Å². The first kappa shape index (κ1) is 17.4. The van der Waals surface area contributed by atoms with E-state index in [2.05, 4.69) is 10.6 Å². The smallest absolute Gasteiger partial charge is 0.312 e. The molecule has 9 heteroatoms. The van der Waals surface area contributed by atoms with Gasteiger partial charge < -0.3 is 20.4 Å². The quantitative estimate of drug-likeness (QED) is 0.699. The highest BCUT2D eigenvalue weighted by molar-refractivity contribution is 7.08. The molecule has 25 heavy (non-hydrogen) atoms. The zero-order chi connectivity index (χ0) is 17.8. The lowest BCUT2D eigenvalue weighted by Gasteiger charge is -2.34. The van der Waals surface area contributed by atoms with E-state index in [1.807, 2.05) is 0 Å². The van der Waals surface area contributed by atoms with E-state index in [1.165, 1.54) is 16.2 Å². The molecule has 4 amide bonds. The topological polar surface area (TPSA) is 98.8 Å². The van der Waals surface area contributed by atoms with Gasteiger partial charge in [-0.15, -0.1) is 0 Å². The van der Waals surface area contributed by atoms with Crippen LogP contribution in [0.2, 0.25) is 0 Å². The van der Waals surface area contributed by atoms with Crippen LogP contribution in [0.5, 0.6) is 0 Å². The van der Waals surface area contributed by atoms with E-state index in [-0.39, 0.29) is 24.4 Å². The Morgan fingerprint density at radius 1 is 1.08 bits per heavy atom. The van der Waals surface area contributed by atoms with Crippen LogP contribution in [0, 0.1) is 0 Å². The molecule has 2 fully saturated rings. The Hall–Kier alpha value is -2.42. The summed E-state index contributed by atoms with van der Waals surface area (Å²) in [4.78, 5) is 50.9. The second-order valence-corrected chi connectivity index (χ2v) is 6.90. The molecule has 0 aromatic carbocycles. The molecule has 0 unspecified atom stereocenters. The van der Waals surface area contributed by atoms with Crippen LogP contribution in [-0.2, 0) is 14.4 Å². The second-order valence-electron chi connectivity index (χ2n) is 6.12. The fourth-order valence-electron chi connectivity index (χ4n) is 2.54. The molecule has 1 aromatic heterocycles. The van der Waals surface area contributed by atoms with E-state index in [4.69, 9.17) is 0 Å². The van der Waals surface area contributed by atoms with Gasteiger partial charge in [-0.25, -0.2) is 0 Å². The van der Waals surface area contributed by atoms with Gasteiger partial charge in [0.05, 0.1) is 6.54 Å². The summed E-state index contributed by atoms with van der Waals surface area (Å²) in [5.41, 5.74) is 0.537. The average molecular weight is 364 g/mol. The van der Waals surface area contributed by atoms with Gasteiger partial charge in [-0.1, -0.05) is 0 Å². The zero-order valence-corrected chi connectivity index (χ0v) is 14.5. The molecule has 1 aromatic rings. The molecule has 2 N–H and O–H groups in total. The van der Waals surface area contributed by atoms with Crippen LogP contribution in [-0.4, -0.2) is 72.2 Å². The fourth-order valence-corrected chi connectivity index (χ4v) is 3.18. The number of amides is 4. The Morgan fingerprint density at radius 3 is 2.36 bits per heavy atom. The van der Waals surface area contributed by atoms with Crippen molar-refractivity contribution in [3.8, 4) is 0 Å². The van der Waals surface area contributed by atoms with Gasteiger partial charge in [0, 0.05) is 43.2 Å². The molecule has 1 saturated heterocycles. The molecule has 2 aliphatic rings. The Bertz CT molecular complexity index is 664. The molecule has 1 aliphatic carbocycles. The van der Waals surface area contributed by atoms with Gasteiger partial charge in [-0.05, 0) is 24.3 Å². The van der Waals surface area contributed by atoms with Crippen molar-refractivity contribution >= 4 is 35.0 Å². The summed E-state index contributed by atoms with van der Waals surface area (Å²) < 4.78 is 0. The third kappa shape index (κ3) is 4.56. The molecular weight excluding hydrogens is 344 g/mol. The number of piperazine rings is 1. The van der Waals surface area contributed by atoms with Crippen molar-refractivity contribution in [1.82, 2.24) is 20.4 Å². The van der Waals surface area contributed by atoms with Gasteiger partial charge in [-0.2, -0.15) is 11.3 Å². The highest BCUT2D eigenvalue weighted by atomic mass is 32.1. The Balaban J connectivity index is 1.40. The van der Waals surface area contributed by atoms with Crippen LogP contribution < -0.4 is 10.6 Å². The predicted molar refractivity (Wildman–Crippen MR) is 91.0 cm³/mol. The molecule has 3 rings (SSSR count). The third-order valence-electron chi connectivity index (χ3n) is 4.21. The summed E-state index contributed by atoms with van der Waals surface area (Å²) >= 11 is 1.42. The zero-order valence-electron chi connectivity index (χ0n) is 13.7. The van der Waals surface area contributed by atoms with Gasteiger partial charge >= 0.3 is 11.8 Å². The number of carbonyl (C=O) groups excluding carboxylic acids is 4. The molecule has 0 bridgehead atoms. The highest BCUT2D eigenvalue weighted by Gasteiger charge is 2.31. The minimum absolute atomic E-state index is 0.0786. The number of nitrogens with one attached hydrogen (secondary N) is 2. The maximum atomic E-state index is 12.2. The van der Waals surface area contributed by atoms with Crippen molar-refractivity contribution in [1.29, 1.82) is 0 Å². The summed E-state index contributed by atoms with van der Waals surface area (Å²) in [5, 5.41) is 8.79. The molecular formula is C16H20N4O4S. The minimum atomic E-state index is -0.565. The van der Waals surface area contributed by atoms with Crippen molar-refractivity contribution in [3.05, 3.63) is 22.4 Å². The number of hydrogen-bond donors (Lipinski definition) is 2. The van der Waals surface area contributed by atoms with Crippen LogP contribution in [0.1, 0.15) is 23.2 Å². The molecule has 1 aliphatic heterocycles. The number of nitrogens with zero attached hydrogens (tertiary/aromatic N) is 2. The average Bonchev–Trinajstić information content (AvgIpc) is 3.27. The number of carbonyl (C=O) groups is 4. The lowest BCUT2D eigenvalue weighted by molar-refractivity contribution is -0.148. The summed E-state index contributed by atoms with van der Waals surface area (Å²) in [6, 6.07) is 1.84. The van der Waals surface area contributed by atoms with E-state index in [1.54, 1.807) is 21.7 Å². The van der Waals surface area contributed by atoms with Gasteiger partial charge in [0.15, 0.2) is 0 Å². The first-order chi connectivity index (χ1) is 12.0. The summed E-state index contributed by atoms with van der Waals surface area (Å²) in [6.07, 6.45) is 1.86. The summed E-state index contributed by atoms with van der Waals surface area (Å²) in [6.45, 7) is 1.28. The monoisotopic (exact) mass is 364 g/mol.